The predicted molar refractivity (Wildman–Crippen MR) is 96.8 cm³/mol. The summed E-state index contributed by atoms with van der Waals surface area (Å²) in [6.07, 6.45) is 1.96. The molecular weight excluding hydrogens is 303 g/mol. The molecule has 0 atom stereocenters. The van der Waals surface area contributed by atoms with Gasteiger partial charge in [0.1, 0.15) is 0 Å². The Labute approximate surface area is 140 Å². The van der Waals surface area contributed by atoms with Gasteiger partial charge >= 0.3 is 0 Å². The lowest BCUT2D eigenvalue weighted by Gasteiger charge is -2.18. The lowest BCUT2D eigenvalue weighted by Crippen LogP contribution is -2.03. The number of benzene rings is 2. The van der Waals surface area contributed by atoms with Crippen molar-refractivity contribution in [2.75, 3.05) is 0 Å². The molecule has 0 radical (unpaired) electrons. The van der Waals surface area contributed by atoms with Crippen molar-refractivity contribution in [1.82, 2.24) is 0 Å². The van der Waals surface area contributed by atoms with Gasteiger partial charge in [-0.15, -0.1) is 0 Å². The van der Waals surface area contributed by atoms with Gasteiger partial charge in [-0.1, -0.05) is 38.1 Å². The number of hydrogen-bond donors (Lipinski definition) is 0. The molecule has 0 spiro atoms. The molecule has 120 valence electrons. The fraction of sp³-hybridized carbons (Fsp3) is 0.350. The van der Waals surface area contributed by atoms with Crippen molar-refractivity contribution >= 4 is 14.0 Å². The second-order valence-electron chi connectivity index (χ2n) is 5.98. The molecule has 0 heterocycles. The zero-order valence-corrected chi connectivity index (χ0v) is 15.4. The molecule has 0 aromatic heterocycles. The van der Waals surface area contributed by atoms with Crippen molar-refractivity contribution in [1.29, 1.82) is 0 Å². The van der Waals surface area contributed by atoms with Gasteiger partial charge in [0.25, 0.3) is 5.52 Å². The van der Waals surface area contributed by atoms with E-state index in [-0.39, 0.29) is 5.52 Å². The first-order valence-corrected chi connectivity index (χ1v) is 8.86. The molecule has 0 aliphatic rings. The van der Waals surface area contributed by atoms with E-state index < -0.39 is 8.46 Å². The van der Waals surface area contributed by atoms with Gasteiger partial charge in [0.05, 0.1) is 0 Å². The average Bonchev–Trinajstić information content (AvgIpc) is 2.54. The minimum absolute atomic E-state index is 0.343. The molecule has 0 aliphatic carbocycles. The number of carbonyl (C=O) groups is 1. The Morgan fingerprint density at radius 1 is 1.00 bits per heavy atom. The smallest absolute Gasteiger partial charge is 0.253 e. The van der Waals surface area contributed by atoms with Gasteiger partial charge in [-0.25, -0.2) is 0 Å². The summed E-state index contributed by atoms with van der Waals surface area (Å²) in [5.74, 6) is 0. The van der Waals surface area contributed by atoms with Gasteiger partial charge < -0.3 is 0 Å². The van der Waals surface area contributed by atoms with Crippen LogP contribution in [0.1, 0.15) is 52.0 Å². The van der Waals surface area contributed by atoms with Crippen molar-refractivity contribution in [2.24, 2.45) is 0 Å². The maximum absolute atomic E-state index is 12.1. The minimum Gasteiger partial charge on any atom is -0.280 e. The van der Waals surface area contributed by atoms with Gasteiger partial charge in [0.2, 0.25) is 8.46 Å². The molecule has 2 aromatic rings. The van der Waals surface area contributed by atoms with Crippen LogP contribution in [0.2, 0.25) is 0 Å². The molecule has 2 aromatic carbocycles. The molecule has 2 rings (SSSR count). The van der Waals surface area contributed by atoms with E-state index >= 15 is 0 Å². The van der Waals surface area contributed by atoms with Crippen LogP contribution in [-0.2, 0) is 17.4 Å². The molecular formula is C20H23O2P. The first-order chi connectivity index (χ1) is 10.9. The van der Waals surface area contributed by atoms with Crippen LogP contribution in [0.25, 0.3) is 11.1 Å². The number of hydrogen-bond acceptors (Lipinski definition) is 2. The van der Waals surface area contributed by atoms with E-state index in [0.717, 1.165) is 35.1 Å². The van der Waals surface area contributed by atoms with Crippen molar-refractivity contribution in [3.63, 3.8) is 0 Å². The van der Waals surface area contributed by atoms with Crippen LogP contribution in [-0.4, -0.2) is 5.52 Å². The summed E-state index contributed by atoms with van der Waals surface area (Å²) in [6, 6.07) is 8.58. The van der Waals surface area contributed by atoms with Crippen molar-refractivity contribution in [3.05, 3.63) is 57.6 Å². The SMILES string of the molecule is CCc1ccc(-c2c(C)cc(C)c(C(=O)P=O)c2C)c(CC)c1. The number of aryl methyl sites for hydroxylation is 4. The molecule has 23 heavy (non-hydrogen) atoms. The highest BCUT2D eigenvalue weighted by Gasteiger charge is 2.19. The van der Waals surface area contributed by atoms with E-state index in [1.807, 2.05) is 19.9 Å². The predicted octanol–water partition coefficient (Wildman–Crippen LogP) is 5.84. The van der Waals surface area contributed by atoms with Crippen LogP contribution in [0.5, 0.6) is 0 Å². The lowest BCUT2D eigenvalue weighted by atomic mass is 9.86. The van der Waals surface area contributed by atoms with Crippen LogP contribution in [0.4, 0.5) is 0 Å². The monoisotopic (exact) mass is 326 g/mol. The summed E-state index contributed by atoms with van der Waals surface area (Å²) in [5, 5.41) is 0. The van der Waals surface area contributed by atoms with E-state index in [4.69, 9.17) is 0 Å². The summed E-state index contributed by atoms with van der Waals surface area (Å²) in [5.41, 5.74) is 8.10. The van der Waals surface area contributed by atoms with Crippen molar-refractivity contribution in [3.8, 4) is 11.1 Å². The Morgan fingerprint density at radius 2 is 1.70 bits per heavy atom. The summed E-state index contributed by atoms with van der Waals surface area (Å²) >= 11 is 0. The Balaban J connectivity index is 2.78. The van der Waals surface area contributed by atoms with E-state index in [9.17, 15) is 9.36 Å². The van der Waals surface area contributed by atoms with Crippen molar-refractivity contribution < 1.29 is 9.36 Å². The average molecular weight is 326 g/mol. The molecule has 0 bridgehead atoms. The van der Waals surface area contributed by atoms with E-state index in [2.05, 4.69) is 39.0 Å². The Bertz CT molecular complexity index is 776. The lowest BCUT2D eigenvalue weighted by molar-refractivity contribution is 0.108. The summed E-state index contributed by atoms with van der Waals surface area (Å²) in [6.45, 7) is 10.2. The van der Waals surface area contributed by atoms with Crippen molar-refractivity contribution in [2.45, 2.75) is 47.5 Å². The molecule has 0 saturated heterocycles. The normalized spacial score (nSPS) is 11.0. The number of carbonyl (C=O) groups excluding carboxylic acids is 1. The quantitative estimate of drug-likeness (QED) is 0.647. The molecule has 2 nitrogen and oxygen atoms in total. The Morgan fingerprint density at radius 3 is 2.26 bits per heavy atom. The third-order valence-corrected chi connectivity index (χ3v) is 4.89. The fourth-order valence-electron chi connectivity index (χ4n) is 3.38. The van der Waals surface area contributed by atoms with E-state index in [1.165, 1.54) is 16.7 Å². The minimum atomic E-state index is -0.449. The van der Waals surface area contributed by atoms with Gasteiger partial charge in [0, 0.05) is 5.56 Å². The van der Waals surface area contributed by atoms with Crippen LogP contribution >= 0.6 is 8.46 Å². The molecule has 0 saturated carbocycles. The zero-order valence-electron chi connectivity index (χ0n) is 14.5. The first kappa shape index (κ1) is 17.6. The maximum Gasteiger partial charge on any atom is 0.253 e. The molecule has 3 heteroatoms. The molecule has 0 amide bonds. The van der Waals surface area contributed by atoms with E-state index in [1.54, 1.807) is 0 Å². The Kier molecular flexibility index (Phi) is 5.49. The van der Waals surface area contributed by atoms with Crippen LogP contribution in [0.3, 0.4) is 0 Å². The van der Waals surface area contributed by atoms with Gasteiger partial charge in [0.15, 0.2) is 0 Å². The standard InChI is InChI=1S/C20H23O2P/c1-6-15-8-9-17(16(7-2)11-15)18-12(3)10-13(4)19(14(18)5)20(21)23-22/h8-11H,6-7H2,1-5H3. The second-order valence-corrected chi connectivity index (χ2v) is 6.57. The Hall–Kier alpha value is -1.79. The second kappa shape index (κ2) is 7.19. The first-order valence-electron chi connectivity index (χ1n) is 8.05. The van der Waals surface area contributed by atoms with Crippen LogP contribution in [0, 0.1) is 20.8 Å². The third-order valence-electron chi connectivity index (χ3n) is 4.50. The van der Waals surface area contributed by atoms with Crippen LogP contribution in [0.15, 0.2) is 24.3 Å². The van der Waals surface area contributed by atoms with Gasteiger partial charge in [-0.2, -0.15) is 0 Å². The topological polar surface area (TPSA) is 34.1 Å². The van der Waals surface area contributed by atoms with Crippen LogP contribution < -0.4 is 0 Å². The van der Waals surface area contributed by atoms with Gasteiger partial charge in [-0.05, 0) is 72.6 Å². The molecule has 0 aliphatic heterocycles. The van der Waals surface area contributed by atoms with Gasteiger partial charge in [-0.3, -0.25) is 9.36 Å². The zero-order chi connectivity index (χ0) is 17.1. The largest absolute Gasteiger partial charge is 0.280 e. The highest BCUT2D eigenvalue weighted by Crippen LogP contribution is 2.35. The summed E-state index contributed by atoms with van der Waals surface area (Å²) in [4.78, 5) is 12.1. The molecule has 0 N–H and O–H groups in total. The number of rotatable bonds is 5. The fourth-order valence-corrected chi connectivity index (χ4v) is 3.81. The highest BCUT2D eigenvalue weighted by atomic mass is 31.1. The third kappa shape index (κ3) is 3.28. The molecule has 0 unspecified atom stereocenters. The summed E-state index contributed by atoms with van der Waals surface area (Å²) < 4.78 is 11.1. The van der Waals surface area contributed by atoms with E-state index in [0.29, 0.717) is 5.56 Å². The highest BCUT2D eigenvalue weighted by molar-refractivity contribution is 7.47. The maximum atomic E-state index is 12.1. The molecule has 0 fully saturated rings. The summed E-state index contributed by atoms with van der Waals surface area (Å²) in [7, 11) is -0.449.